The lowest BCUT2D eigenvalue weighted by Gasteiger charge is -2.24. The first-order valence-corrected chi connectivity index (χ1v) is 10.4. The third kappa shape index (κ3) is 3.86. The molecule has 1 unspecified atom stereocenters. The maximum atomic E-state index is 13.3. The molecule has 4 rings (SSSR count). The van der Waals surface area contributed by atoms with Crippen molar-refractivity contribution in [1.82, 2.24) is 0 Å². The average Bonchev–Trinajstić information content (AvgIpc) is 3.32. The van der Waals surface area contributed by atoms with Crippen molar-refractivity contribution in [3.63, 3.8) is 0 Å². The van der Waals surface area contributed by atoms with E-state index in [9.17, 15) is 14.7 Å². The van der Waals surface area contributed by atoms with Crippen molar-refractivity contribution in [2.24, 2.45) is 0 Å². The number of rotatable bonds is 5. The van der Waals surface area contributed by atoms with Crippen LogP contribution in [-0.2, 0) is 9.59 Å². The highest BCUT2D eigenvalue weighted by Gasteiger charge is 2.48. The van der Waals surface area contributed by atoms with Crippen LogP contribution >= 0.6 is 0 Å². The number of benzene rings is 2. The largest absolute Gasteiger partial charge is 0.507 e. The van der Waals surface area contributed by atoms with E-state index in [2.05, 4.69) is 0 Å². The zero-order chi connectivity index (χ0) is 23.9. The second-order valence-electron chi connectivity index (χ2n) is 8.03. The molecule has 0 saturated carbocycles. The van der Waals surface area contributed by atoms with E-state index in [1.807, 2.05) is 32.0 Å². The number of hydrogen-bond donors (Lipinski definition) is 1. The van der Waals surface area contributed by atoms with Gasteiger partial charge in [0.2, 0.25) is 0 Å². The topological polar surface area (TPSA) is 89.2 Å². The lowest BCUT2D eigenvalue weighted by Crippen LogP contribution is -2.29. The van der Waals surface area contributed by atoms with E-state index >= 15 is 0 Å². The summed E-state index contributed by atoms with van der Waals surface area (Å²) in [5, 5.41) is 11.4. The van der Waals surface area contributed by atoms with Gasteiger partial charge in [-0.15, -0.1) is 0 Å². The Hall–Kier alpha value is -4.00. The van der Waals surface area contributed by atoms with Gasteiger partial charge in [-0.3, -0.25) is 14.5 Å². The summed E-state index contributed by atoms with van der Waals surface area (Å²) in [6.45, 7) is 5.61. The maximum Gasteiger partial charge on any atom is 0.300 e. The number of ether oxygens (including phenoxy) is 2. The third-order valence-corrected chi connectivity index (χ3v) is 5.62. The van der Waals surface area contributed by atoms with Crippen LogP contribution in [0, 0.1) is 20.8 Å². The summed E-state index contributed by atoms with van der Waals surface area (Å²) in [5.41, 5.74) is 2.58. The van der Waals surface area contributed by atoms with Crippen LogP contribution < -0.4 is 14.4 Å². The molecule has 0 bridgehead atoms. The zero-order valence-corrected chi connectivity index (χ0v) is 19.1. The van der Waals surface area contributed by atoms with Crippen molar-refractivity contribution in [3.8, 4) is 11.5 Å². The summed E-state index contributed by atoms with van der Waals surface area (Å²) < 4.78 is 16.5. The number of aliphatic hydroxyl groups excluding tert-OH is 1. The molecule has 7 heteroatoms. The molecule has 1 amide bonds. The van der Waals surface area contributed by atoms with Gasteiger partial charge in [0.25, 0.3) is 11.7 Å². The molecule has 1 fully saturated rings. The molecule has 3 aromatic rings. The van der Waals surface area contributed by atoms with Gasteiger partial charge in [-0.1, -0.05) is 6.07 Å². The Balaban J connectivity index is 1.99. The number of aryl methyl sites for hydroxylation is 3. The van der Waals surface area contributed by atoms with Crippen LogP contribution in [0.15, 0.2) is 58.5 Å². The molecule has 1 aliphatic heterocycles. The minimum atomic E-state index is -0.948. The third-order valence-electron chi connectivity index (χ3n) is 5.62. The molecule has 0 aliphatic carbocycles. The van der Waals surface area contributed by atoms with Crippen molar-refractivity contribution in [2.45, 2.75) is 26.8 Å². The zero-order valence-electron chi connectivity index (χ0n) is 19.1. The number of nitrogens with zero attached hydrogens (tertiary/aromatic N) is 1. The van der Waals surface area contributed by atoms with Crippen LogP contribution in [0.25, 0.3) is 5.76 Å². The van der Waals surface area contributed by atoms with Gasteiger partial charge in [-0.05, 0) is 74.4 Å². The SMILES string of the molecule is COc1ccc(OC)c(/C(O)=C2\C(=O)C(=O)N(c3cc(C)cc(C)c3)C2c2ccc(C)o2)c1. The summed E-state index contributed by atoms with van der Waals surface area (Å²) in [5.74, 6) is -0.135. The van der Waals surface area contributed by atoms with Gasteiger partial charge >= 0.3 is 0 Å². The van der Waals surface area contributed by atoms with Crippen molar-refractivity contribution >= 4 is 23.1 Å². The number of anilines is 1. The first-order chi connectivity index (χ1) is 15.7. The van der Waals surface area contributed by atoms with E-state index in [1.54, 1.807) is 37.3 Å². The van der Waals surface area contributed by atoms with Crippen LogP contribution in [0.4, 0.5) is 5.69 Å². The van der Waals surface area contributed by atoms with Crippen LogP contribution in [-0.4, -0.2) is 31.0 Å². The maximum absolute atomic E-state index is 13.3. The molecule has 1 aliphatic rings. The lowest BCUT2D eigenvalue weighted by molar-refractivity contribution is -0.132. The fourth-order valence-corrected chi connectivity index (χ4v) is 4.20. The van der Waals surface area contributed by atoms with Gasteiger partial charge in [0.1, 0.15) is 34.8 Å². The number of furan rings is 1. The Bertz CT molecular complexity index is 1270. The molecular weight excluding hydrogens is 422 g/mol. The Morgan fingerprint density at radius 2 is 1.64 bits per heavy atom. The van der Waals surface area contributed by atoms with Gasteiger partial charge in [0.15, 0.2) is 0 Å². The minimum Gasteiger partial charge on any atom is -0.507 e. The van der Waals surface area contributed by atoms with Crippen LogP contribution in [0.2, 0.25) is 0 Å². The molecule has 0 spiro atoms. The first kappa shape index (κ1) is 22.2. The van der Waals surface area contributed by atoms with Crippen molar-refractivity contribution < 1.29 is 28.6 Å². The summed E-state index contributed by atoms with van der Waals surface area (Å²) >= 11 is 0. The molecule has 33 heavy (non-hydrogen) atoms. The second-order valence-corrected chi connectivity index (χ2v) is 8.03. The van der Waals surface area contributed by atoms with E-state index in [4.69, 9.17) is 13.9 Å². The summed E-state index contributed by atoms with van der Waals surface area (Å²) in [7, 11) is 2.95. The normalized spacial score (nSPS) is 17.5. The number of hydrogen-bond acceptors (Lipinski definition) is 6. The Labute approximate surface area is 191 Å². The van der Waals surface area contributed by atoms with Gasteiger partial charge in [0.05, 0.1) is 25.4 Å². The molecule has 1 saturated heterocycles. The smallest absolute Gasteiger partial charge is 0.300 e. The Morgan fingerprint density at radius 1 is 0.939 bits per heavy atom. The van der Waals surface area contributed by atoms with Crippen molar-refractivity contribution in [2.75, 3.05) is 19.1 Å². The van der Waals surface area contributed by atoms with E-state index in [0.717, 1.165) is 11.1 Å². The van der Waals surface area contributed by atoms with Gasteiger partial charge in [-0.2, -0.15) is 0 Å². The van der Waals surface area contributed by atoms with E-state index in [0.29, 0.717) is 28.7 Å². The molecule has 1 aromatic heterocycles. The highest BCUT2D eigenvalue weighted by molar-refractivity contribution is 6.51. The number of Topliss-reactive ketones (excluding diaryl/α,β-unsaturated/α-hetero) is 1. The number of amides is 1. The van der Waals surface area contributed by atoms with E-state index in [-0.39, 0.29) is 16.9 Å². The molecule has 7 nitrogen and oxygen atoms in total. The fraction of sp³-hybridized carbons (Fsp3) is 0.231. The quantitative estimate of drug-likeness (QED) is 0.342. The van der Waals surface area contributed by atoms with Gasteiger partial charge in [0, 0.05) is 5.69 Å². The summed E-state index contributed by atoms with van der Waals surface area (Å²) in [4.78, 5) is 27.9. The molecule has 1 N–H and O–H groups in total. The minimum absolute atomic E-state index is 0.0833. The average molecular weight is 447 g/mol. The molecule has 1 atom stereocenters. The molecule has 0 radical (unpaired) electrons. The van der Waals surface area contributed by atoms with E-state index < -0.39 is 17.7 Å². The number of carbonyl (C=O) groups excluding carboxylic acids is 2. The van der Waals surface area contributed by atoms with Crippen molar-refractivity contribution in [1.29, 1.82) is 0 Å². The molecule has 2 heterocycles. The van der Waals surface area contributed by atoms with Crippen LogP contribution in [0.3, 0.4) is 0 Å². The highest BCUT2D eigenvalue weighted by atomic mass is 16.5. The van der Waals surface area contributed by atoms with Crippen LogP contribution in [0.1, 0.15) is 34.3 Å². The first-order valence-electron chi connectivity index (χ1n) is 10.4. The number of ketones is 1. The summed E-state index contributed by atoms with van der Waals surface area (Å²) in [6, 6.07) is 13.0. The standard InChI is InChI=1S/C26H25NO6/c1-14-10-15(2)12-17(11-14)27-23(21-8-6-16(3)33-21)22(25(29)26(27)30)24(28)19-13-18(31-4)7-9-20(19)32-5/h6-13,23,28H,1-5H3/b24-22+. The number of methoxy groups -OCH3 is 2. The Kier molecular flexibility index (Phi) is 5.72. The Morgan fingerprint density at radius 3 is 2.21 bits per heavy atom. The predicted octanol–water partition coefficient (Wildman–Crippen LogP) is 4.85. The number of aliphatic hydroxyl groups is 1. The lowest BCUT2D eigenvalue weighted by atomic mass is 9.98. The molecular formula is C26H25NO6. The molecule has 2 aromatic carbocycles. The summed E-state index contributed by atoms with van der Waals surface area (Å²) in [6.07, 6.45) is 0. The second kappa shape index (κ2) is 8.50. The predicted molar refractivity (Wildman–Crippen MR) is 124 cm³/mol. The number of carbonyl (C=O) groups is 2. The van der Waals surface area contributed by atoms with E-state index in [1.165, 1.54) is 19.1 Å². The fourth-order valence-electron chi connectivity index (χ4n) is 4.20. The monoisotopic (exact) mass is 447 g/mol. The highest BCUT2D eigenvalue weighted by Crippen LogP contribution is 2.44. The van der Waals surface area contributed by atoms with Gasteiger partial charge < -0.3 is 19.0 Å². The van der Waals surface area contributed by atoms with Gasteiger partial charge in [-0.25, -0.2) is 0 Å². The van der Waals surface area contributed by atoms with Crippen LogP contribution in [0.5, 0.6) is 11.5 Å². The van der Waals surface area contributed by atoms with Crippen molar-refractivity contribution in [3.05, 3.63) is 82.3 Å². The molecule has 170 valence electrons.